The van der Waals surface area contributed by atoms with Gasteiger partial charge >= 0.3 is 0 Å². The van der Waals surface area contributed by atoms with Crippen LogP contribution < -0.4 is 10.1 Å². The maximum absolute atomic E-state index is 12.0. The Labute approximate surface area is 153 Å². The normalized spacial score (nSPS) is 10.3. The van der Waals surface area contributed by atoms with Crippen molar-refractivity contribution in [2.45, 2.75) is 26.7 Å². The molecule has 1 amide bonds. The van der Waals surface area contributed by atoms with Crippen molar-refractivity contribution in [3.8, 4) is 11.8 Å². The molecular formula is C17H16BrClN2O3. The number of furan rings is 1. The van der Waals surface area contributed by atoms with E-state index in [1.54, 1.807) is 32.0 Å². The van der Waals surface area contributed by atoms with Crippen LogP contribution in [0.25, 0.3) is 0 Å². The first-order valence-corrected chi connectivity index (χ1v) is 8.47. The molecule has 1 aromatic carbocycles. The van der Waals surface area contributed by atoms with Crippen LogP contribution in [-0.2, 0) is 4.79 Å². The molecule has 0 unspecified atom stereocenters. The number of halogens is 2. The van der Waals surface area contributed by atoms with Gasteiger partial charge in [0.15, 0.2) is 0 Å². The van der Waals surface area contributed by atoms with Crippen LogP contribution in [0.15, 0.2) is 27.1 Å². The number of nitrogens with one attached hydrogen (secondary N) is 1. The number of nitriles is 1. The smallest absolute Gasteiger partial charge is 0.226 e. The number of nitrogens with zero attached hydrogens (tertiary/aromatic N) is 1. The summed E-state index contributed by atoms with van der Waals surface area (Å²) in [7, 11) is 0. The predicted octanol–water partition coefficient (Wildman–Crippen LogP) is 4.98. The van der Waals surface area contributed by atoms with Crippen molar-refractivity contribution in [3.63, 3.8) is 0 Å². The molecule has 0 radical (unpaired) electrons. The van der Waals surface area contributed by atoms with Gasteiger partial charge in [0.2, 0.25) is 11.8 Å². The highest BCUT2D eigenvalue weighted by atomic mass is 79.9. The summed E-state index contributed by atoms with van der Waals surface area (Å²) in [6, 6.07) is 7.28. The van der Waals surface area contributed by atoms with E-state index in [0.717, 1.165) is 10.0 Å². The van der Waals surface area contributed by atoms with E-state index < -0.39 is 0 Å². The van der Waals surface area contributed by atoms with Gasteiger partial charge in [-0.2, -0.15) is 5.26 Å². The summed E-state index contributed by atoms with van der Waals surface area (Å²) < 4.78 is 11.8. The molecule has 0 bridgehead atoms. The largest absolute Gasteiger partial charge is 0.492 e. The molecule has 24 heavy (non-hydrogen) atoms. The fourth-order valence-electron chi connectivity index (χ4n) is 2.05. The predicted molar refractivity (Wildman–Crippen MR) is 95.4 cm³/mol. The summed E-state index contributed by atoms with van der Waals surface area (Å²) in [6.07, 6.45) is 0.788. The van der Waals surface area contributed by atoms with Crippen LogP contribution in [0.2, 0.25) is 5.02 Å². The maximum Gasteiger partial charge on any atom is 0.226 e. The van der Waals surface area contributed by atoms with Crippen LogP contribution in [0.3, 0.4) is 0 Å². The molecule has 5 nitrogen and oxygen atoms in total. The Morgan fingerprint density at radius 2 is 2.21 bits per heavy atom. The topological polar surface area (TPSA) is 75.3 Å². The van der Waals surface area contributed by atoms with Gasteiger partial charge in [0.1, 0.15) is 23.1 Å². The Bertz CT molecular complexity index is 796. The zero-order chi connectivity index (χ0) is 17.7. The zero-order valence-corrected chi connectivity index (χ0v) is 15.6. The SMILES string of the molecule is Cc1oc(NC(=O)CCCOc2ccc(Cl)cc2Br)c(C#N)c1C. The van der Waals surface area contributed by atoms with Gasteiger partial charge in [-0.3, -0.25) is 10.1 Å². The van der Waals surface area contributed by atoms with Crippen LogP contribution in [0, 0.1) is 25.2 Å². The third-order valence-corrected chi connectivity index (χ3v) is 4.30. The summed E-state index contributed by atoms with van der Waals surface area (Å²) in [4.78, 5) is 12.0. The minimum absolute atomic E-state index is 0.207. The first kappa shape index (κ1) is 18.4. The van der Waals surface area contributed by atoms with Crippen LogP contribution in [0.5, 0.6) is 5.75 Å². The molecule has 0 fully saturated rings. The Balaban J connectivity index is 1.82. The average Bonchev–Trinajstić information content (AvgIpc) is 2.79. The number of ether oxygens (including phenoxy) is 1. The molecule has 126 valence electrons. The summed E-state index contributed by atoms with van der Waals surface area (Å²) >= 11 is 9.23. The van der Waals surface area contributed by atoms with E-state index in [0.29, 0.717) is 35.1 Å². The average molecular weight is 412 g/mol. The van der Waals surface area contributed by atoms with Gasteiger partial charge in [-0.1, -0.05) is 11.6 Å². The van der Waals surface area contributed by atoms with Crippen molar-refractivity contribution in [1.29, 1.82) is 5.26 Å². The molecule has 1 aromatic heterocycles. The number of aryl methyl sites for hydroxylation is 1. The molecule has 2 aromatic rings. The lowest BCUT2D eigenvalue weighted by Crippen LogP contribution is -2.13. The highest BCUT2D eigenvalue weighted by molar-refractivity contribution is 9.10. The minimum atomic E-state index is -0.223. The van der Waals surface area contributed by atoms with Gasteiger partial charge in [-0.25, -0.2) is 0 Å². The molecule has 0 aliphatic rings. The van der Waals surface area contributed by atoms with Crippen molar-refractivity contribution < 1.29 is 13.9 Å². The van der Waals surface area contributed by atoms with E-state index in [9.17, 15) is 4.79 Å². The fraction of sp³-hybridized carbons (Fsp3) is 0.294. The van der Waals surface area contributed by atoms with E-state index in [1.165, 1.54) is 0 Å². The van der Waals surface area contributed by atoms with Crippen molar-refractivity contribution in [3.05, 3.63) is 44.6 Å². The zero-order valence-electron chi connectivity index (χ0n) is 13.3. The number of rotatable bonds is 6. The molecule has 0 atom stereocenters. The molecular weight excluding hydrogens is 396 g/mol. The number of carbonyl (C=O) groups excluding carboxylic acids is 1. The molecule has 0 saturated heterocycles. The number of anilines is 1. The van der Waals surface area contributed by atoms with Gasteiger partial charge in [0.25, 0.3) is 0 Å². The van der Waals surface area contributed by atoms with Gasteiger partial charge in [0, 0.05) is 17.0 Å². The maximum atomic E-state index is 12.0. The van der Waals surface area contributed by atoms with E-state index >= 15 is 0 Å². The lowest BCUT2D eigenvalue weighted by molar-refractivity contribution is -0.116. The van der Waals surface area contributed by atoms with Crippen molar-refractivity contribution in [2.75, 3.05) is 11.9 Å². The van der Waals surface area contributed by atoms with E-state index in [4.69, 9.17) is 26.0 Å². The van der Waals surface area contributed by atoms with Crippen LogP contribution in [0.4, 0.5) is 5.88 Å². The lowest BCUT2D eigenvalue weighted by atomic mass is 10.2. The first-order valence-electron chi connectivity index (χ1n) is 7.30. The van der Waals surface area contributed by atoms with E-state index in [2.05, 4.69) is 21.2 Å². The number of benzene rings is 1. The quantitative estimate of drug-likeness (QED) is 0.680. The first-order chi connectivity index (χ1) is 11.4. The summed E-state index contributed by atoms with van der Waals surface area (Å²) in [5.41, 5.74) is 1.10. The number of carbonyl (C=O) groups is 1. The highest BCUT2D eigenvalue weighted by Crippen LogP contribution is 2.28. The Morgan fingerprint density at radius 3 is 2.88 bits per heavy atom. The van der Waals surface area contributed by atoms with Crippen molar-refractivity contribution in [2.24, 2.45) is 0 Å². The monoisotopic (exact) mass is 410 g/mol. The van der Waals surface area contributed by atoms with Gasteiger partial charge in [-0.15, -0.1) is 0 Å². The number of hydrogen-bond donors (Lipinski definition) is 1. The molecule has 1 heterocycles. The van der Waals surface area contributed by atoms with Gasteiger partial charge in [0.05, 0.1) is 11.1 Å². The highest BCUT2D eigenvalue weighted by Gasteiger charge is 2.16. The van der Waals surface area contributed by atoms with Gasteiger partial charge in [-0.05, 0) is 54.4 Å². The third-order valence-electron chi connectivity index (χ3n) is 3.45. The molecule has 1 N–H and O–H groups in total. The molecule has 0 spiro atoms. The van der Waals surface area contributed by atoms with Crippen LogP contribution >= 0.6 is 27.5 Å². The van der Waals surface area contributed by atoms with E-state index in [-0.39, 0.29) is 18.2 Å². The third kappa shape index (κ3) is 4.53. The minimum Gasteiger partial charge on any atom is -0.492 e. The van der Waals surface area contributed by atoms with Gasteiger partial charge < -0.3 is 9.15 Å². The Kier molecular flexibility index (Phi) is 6.29. The molecule has 0 saturated carbocycles. The Hall–Kier alpha value is -1.97. The second-order valence-corrected chi connectivity index (χ2v) is 6.46. The Morgan fingerprint density at radius 1 is 1.46 bits per heavy atom. The lowest BCUT2D eigenvalue weighted by Gasteiger charge is -2.08. The van der Waals surface area contributed by atoms with Crippen LogP contribution in [0.1, 0.15) is 29.7 Å². The summed E-state index contributed by atoms with van der Waals surface area (Å²) in [6.45, 7) is 3.92. The summed E-state index contributed by atoms with van der Waals surface area (Å²) in [5.74, 6) is 1.28. The van der Waals surface area contributed by atoms with Crippen LogP contribution in [-0.4, -0.2) is 12.5 Å². The summed E-state index contributed by atoms with van der Waals surface area (Å²) in [5, 5.41) is 12.4. The fourth-order valence-corrected chi connectivity index (χ4v) is 2.84. The molecule has 7 heteroatoms. The number of hydrogen-bond acceptors (Lipinski definition) is 4. The second-order valence-electron chi connectivity index (χ2n) is 5.17. The van der Waals surface area contributed by atoms with Crippen molar-refractivity contribution in [1.82, 2.24) is 0 Å². The molecule has 0 aliphatic heterocycles. The second kappa shape index (κ2) is 8.22. The standard InChI is InChI=1S/C17H16BrClN2O3/c1-10-11(2)24-17(13(10)9-20)21-16(22)4-3-7-23-15-6-5-12(19)8-14(15)18/h5-6,8H,3-4,7H2,1-2H3,(H,21,22). The molecule has 2 rings (SSSR count). The van der Waals surface area contributed by atoms with E-state index in [1.807, 2.05) is 6.07 Å². The number of amides is 1. The van der Waals surface area contributed by atoms with Crippen molar-refractivity contribution >= 4 is 39.3 Å². The molecule has 0 aliphatic carbocycles.